The molecule has 1 amide bonds. The largest absolute Gasteiger partial charge is 0.490 e. The third kappa shape index (κ3) is 8.74. The van der Waals surface area contributed by atoms with Gasteiger partial charge in [0.15, 0.2) is 0 Å². The van der Waals surface area contributed by atoms with E-state index in [9.17, 15) is 18.0 Å². The molecule has 0 heterocycles. The SMILES string of the molecule is NC(=O)[C@H](N)CO.O=C(O)C(F)(F)F. The Labute approximate surface area is 76.3 Å². The topological polar surface area (TPSA) is 127 Å². The van der Waals surface area contributed by atoms with Crippen LogP contribution in [0.5, 0.6) is 0 Å². The molecule has 0 saturated heterocycles. The molecule has 0 spiro atoms. The Bertz CT molecular complexity index is 206. The van der Waals surface area contributed by atoms with E-state index < -0.39 is 24.1 Å². The molecule has 0 unspecified atom stereocenters. The Morgan fingerprint density at radius 2 is 1.64 bits per heavy atom. The summed E-state index contributed by atoms with van der Waals surface area (Å²) in [6, 6.07) is -0.903. The normalized spacial score (nSPS) is 12.4. The standard InChI is InChI=1S/C3H8N2O2.C2HF3O2/c4-2(1-6)3(5)7;3-2(4,5)1(6)7/h2,6H,1,4H2,(H2,5,7);(H,6,7)/t2-;/m1./s1. The number of carboxylic acid groups (broad SMARTS) is 1. The minimum absolute atomic E-state index is 0.380. The number of primary amides is 1. The Hall–Kier alpha value is -1.35. The maximum atomic E-state index is 10.6. The molecule has 0 aromatic heterocycles. The van der Waals surface area contributed by atoms with Crippen molar-refractivity contribution in [1.82, 2.24) is 0 Å². The minimum atomic E-state index is -5.08. The van der Waals surface area contributed by atoms with Gasteiger partial charge in [0.2, 0.25) is 5.91 Å². The van der Waals surface area contributed by atoms with Crippen molar-refractivity contribution in [2.24, 2.45) is 11.5 Å². The van der Waals surface area contributed by atoms with Crippen LogP contribution in [0.15, 0.2) is 0 Å². The van der Waals surface area contributed by atoms with Gasteiger partial charge in [-0.2, -0.15) is 13.2 Å². The van der Waals surface area contributed by atoms with Gasteiger partial charge in [0.25, 0.3) is 0 Å². The van der Waals surface area contributed by atoms with Crippen molar-refractivity contribution < 1.29 is 33.0 Å². The highest BCUT2D eigenvalue weighted by atomic mass is 19.4. The Morgan fingerprint density at radius 1 is 1.36 bits per heavy atom. The summed E-state index contributed by atoms with van der Waals surface area (Å²) in [4.78, 5) is 18.8. The number of hydrogen-bond acceptors (Lipinski definition) is 4. The van der Waals surface area contributed by atoms with Gasteiger partial charge in [-0.3, -0.25) is 4.79 Å². The lowest BCUT2D eigenvalue weighted by Gasteiger charge is -1.97. The fraction of sp³-hybridized carbons (Fsp3) is 0.600. The van der Waals surface area contributed by atoms with Crippen LogP contribution in [0.1, 0.15) is 0 Å². The number of rotatable bonds is 2. The number of aliphatic hydroxyl groups excluding tert-OH is 1. The maximum Gasteiger partial charge on any atom is 0.490 e. The van der Waals surface area contributed by atoms with E-state index >= 15 is 0 Å². The summed E-state index contributed by atoms with van der Waals surface area (Å²) in [5, 5.41) is 15.2. The molecule has 1 atom stereocenters. The van der Waals surface area contributed by atoms with E-state index in [1.165, 1.54) is 0 Å². The summed E-state index contributed by atoms with van der Waals surface area (Å²) in [6.45, 7) is -0.380. The first-order chi connectivity index (χ1) is 6.12. The highest BCUT2D eigenvalue weighted by Crippen LogP contribution is 2.13. The summed E-state index contributed by atoms with van der Waals surface area (Å²) in [5.41, 5.74) is 9.51. The summed E-state index contributed by atoms with van der Waals surface area (Å²) >= 11 is 0. The zero-order valence-corrected chi connectivity index (χ0v) is 6.78. The molecule has 0 saturated carbocycles. The van der Waals surface area contributed by atoms with Crippen LogP contribution in [0.25, 0.3) is 0 Å². The van der Waals surface area contributed by atoms with Crippen molar-refractivity contribution in [3.05, 3.63) is 0 Å². The molecule has 0 aliphatic rings. The van der Waals surface area contributed by atoms with Crippen molar-refractivity contribution in [3.8, 4) is 0 Å². The third-order valence-corrected chi connectivity index (χ3v) is 0.805. The summed E-state index contributed by atoms with van der Waals surface area (Å²) in [5.74, 6) is -3.44. The van der Waals surface area contributed by atoms with Gasteiger partial charge in [0.1, 0.15) is 6.04 Å². The average Bonchev–Trinajstić information content (AvgIpc) is 2.02. The van der Waals surface area contributed by atoms with Gasteiger partial charge in [0.05, 0.1) is 6.61 Å². The van der Waals surface area contributed by atoms with Gasteiger partial charge >= 0.3 is 12.1 Å². The first-order valence-electron chi connectivity index (χ1n) is 3.08. The van der Waals surface area contributed by atoms with E-state index in [4.69, 9.17) is 20.7 Å². The minimum Gasteiger partial charge on any atom is -0.475 e. The highest BCUT2D eigenvalue weighted by molar-refractivity contribution is 5.79. The van der Waals surface area contributed by atoms with Crippen molar-refractivity contribution in [1.29, 1.82) is 0 Å². The summed E-state index contributed by atoms with van der Waals surface area (Å²) in [6.07, 6.45) is -5.08. The summed E-state index contributed by atoms with van der Waals surface area (Å²) < 4.78 is 31.7. The zero-order valence-electron chi connectivity index (χ0n) is 6.78. The fourth-order valence-corrected chi connectivity index (χ4v) is 0.0900. The molecule has 0 fully saturated rings. The fourth-order valence-electron chi connectivity index (χ4n) is 0.0900. The number of halogens is 3. The van der Waals surface area contributed by atoms with Gasteiger partial charge in [-0.15, -0.1) is 0 Å². The number of carbonyl (C=O) groups excluding carboxylic acids is 1. The molecular weight excluding hydrogens is 209 g/mol. The number of carbonyl (C=O) groups is 2. The maximum absolute atomic E-state index is 10.6. The van der Waals surface area contributed by atoms with Crippen LogP contribution in [0.4, 0.5) is 13.2 Å². The molecule has 0 radical (unpaired) electrons. The van der Waals surface area contributed by atoms with Crippen LogP contribution in [0.3, 0.4) is 0 Å². The second-order valence-electron chi connectivity index (χ2n) is 1.99. The summed E-state index contributed by atoms with van der Waals surface area (Å²) in [7, 11) is 0. The average molecular weight is 218 g/mol. The molecule has 14 heavy (non-hydrogen) atoms. The van der Waals surface area contributed by atoms with Crippen molar-refractivity contribution in [2.75, 3.05) is 6.61 Å². The lowest BCUT2D eigenvalue weighted by Crippen LogP contribution is -2.39. The molecular formula is C5H9F3N2O4. The number of amides is 1. The molecule has 0 aromatic rings. The van der Waals surface area contributed by atoms with Gasteiger partial charge in [-0.25, -0.2) is 4.79 Å². The molecule has 6 nitrogen and oxygen atoms in total. The first-order valence-corrected chi connectivity index (χ1v) is 3.08. The van der Waals surface area contributed by atoms with E-state index in [-0.39, 0.29) is 6.61 Å². The van der Waals surface area contributed by atoms with Gasteiger partial charge in [0, 0.05) is 0 Å². The van der Waals surface area contributed by atoms with Crippen molar-refractivity contribution >= 4 is 11.9 Å². The number of aliphatic carboxylic acids is 1. The van der Waals surface area contributed by atoms with Crippen molar-refractivity contribution in [2.45, 2.75) is 12.2 Å². The predicted molar refractivity (Wildman–Crippen MR) is 37.9 cm³/mol. The van der Waals surface area contributed by atoms with E-state index in [0.29, 0.717) is 0 Å². The first kappa shape index (κ1) is 15.1. The highest BCUT2D eigenvalue weighted by Gasteiger charge is 2.38. The van der Waals surface area contributed by atoms with Crippen LogP contribution in [0.2, 0.25) is 0 Å². The van der Waals surface area contributed by atoms with Crippen LogP contribution in [-0.2, 0) is 9.59 Å². The van der Waals surface area contributed by atoms with Gasteiger partial charge in [-0.05, 0) is 0 Å². The monoisotopic (exact) mass is 218 g/mol. The molecule has 0 bridgehead atoms. The molecule has 0 rings (SSSR count). The second kappa shape index (κ2) is 6.16. The van der Waals surface area contributed by atoms with E-state index in [1.54, 1.807) is 0 Å². The molecule has 0 aromatic carbocycles. The predicted octanol–water partition coefficient (Wildman–Crippen LogP) is -1.58. The molecule has 84 valence electrons. The second-order valence-corrected chi connectivity index (χ2v) is 1.99. The van der Waals surface area contributed by atoms with Gasteiger partial charge < -0.3 is 21.7 Å². The lowest BCUT2D eigenvalue weighted by atomic mass is 10.3. The number of alkyl halides is 3. The van der Waals surface area contributed by atoms with Crippen LogP contribution in [-0.4, -0.2) is 40.9 Å². The van der Waals surface area contributed by atoms with E-state index in [0.717, 1.165) is 0 Å². The molecule has 9 heteroatoms. The van der Waals surface area contributed by atoms with Crippen LogP contribution in [0, 0.1) is 0 Å². The smallest absolute Gasteiger partial charge is 0.475 e. The van der Waals surface area contributed by atoms with Crippen LogP contribution < -0.4 is 11.5 Å². The number of carboxylic acids is 1. The Morgan fingerprint density at radius 3 is 1.64 bits per heavy atom. The van der Waals surface area contributed by atoms with Crippen molar-refractivity contribution in [3.63, 3.8) is 0 Å². The zero-order chi connectivity index (χ0) is 11.9. The van der Waals surface area contributed by atoms with E-state index in [2.05, 4.69) is 5.73 Å². The third-order valence-electron chi connectivity index (χ3n) is 0.805. The lowest BCUT2D eigenvalue weighted by molar-refractivity contribution is -0.192. The number of nitrogens with two attached hydrogens (primary N) is 2. The molecule has 6 N–H and O–H groups in total. The number of hydrogen-bond donors (Lipinski definition) is 4. The van der Waals surface area contributed by atoms with Crippen LogP contribution >= 0.6 is 0 Å². The van der Waals surface area contributed by atoms with Gasteiger partial charge in [-0.1, -0.05) is 0 Å². The molecule has 0 aliphatic carbocycles. The Kier molecular flexibility index (Phi) is 6.66. The van der Waals surface area contributed by atoms with E-state index in [1.807, 2.05) is 0 Å². The Balaban J connectivity index is 0. The number of aliphatic hydroxyl groups is 1. The molecule has 0 aliphatic heterocycles. The quantitative estimate of drug-likeness (QED) is 0.445.